The molecule has 0 unspecified atom stereocenters. The highest BCUT2D eigenvalue weighted by molar-refractivity contribution is 7.26. The monoisotopic (exact) mass is 895 g/mol. The third-order valence-electron chi connectivity index (χ3n) is 14.2. The number of para-hydroxylation sites is 1. The van der Waals surface area contributed by atoms with Crippen LogP contribution in [0.15, 0.2) is 273 Å². The molecule has 0 radical (unpaired) electrons. The predicted octanol–water partition coefficient (Wildman–Crippen LogP) is 18.6. The van der Waals surface area contributed by atoms with Crippen molar-refractivity contribution in [1.29, 1.82) is 0 Å². The van der Waals surface area contributed by atoms with Gasteiger partial charge in [0.05, 0.1) is 22.5 Å². The van der Waals surface area contributed by atoms with Crippen LogP contribution < -0.4 is 4.90 Å². The molecule has 1 heterocycles. The van der Waals surface area contributed by atoms with Crippen LogP contribution in [-0.2, 0) is 5.41 Å². The molecule has 1 aliphatic rings. The van der Waals surface area contributed by atoms with E-state index in [4.69, 9.17) is 0 Å². The first kappa shape index (κ1) is 40.7. The first-order valence-corrected chi connectivity index (χ1v) is 24.6. The standard InChI is InChI=1S/C67H45NS/c1-5-24-46(25-6-1)50-32-13-14-35-54(50)64-51(47-26-7-2-8-27-47)37-22-43-61(64)68(60-42-19-16-33-52(60)55-38-21-39-56-53-34-17-20-45-63(53)69-66(55)56)62-44-23-41-59-65(62)57-36-15-18-40-58(57)67(59,48-28-9-3-10-29-48)49-30-11-4-12-31-49/h1-45H. The number of benzene rings is 11. The molecule has 2 heteroatoms. The van der Waals surface area contributed by atoms with E-state index in [1.807, 2.05) is 11.3 Å². The number of nitrogens with zero attached hydrogens (tertiary/aromatic N) is 1. The van der Waals surface area contributed by atoms with E-state index in [-0.39, 0.29) is 0 Å². The van der Waals surface area contributed by atoms with Crippen LogP contribution >= 0.6 is 11.3 Å². The number of hydrogen-bond donors (Lipinski definition) is 0. The Kier molecular flexibility index (Phi) is 10.00. The fourth-order valence-electron chi connectivity index (χ4n) is 11.3. The minimum Gasteiger partial charge on any atom is -0.309 e. The van der Waals surface area contributed by atoms with Crippen molar-refractivity contribution in [2.45, 2.75) is 5.41 Å². The zero-order valence-corrected chi connectivity index (χ0v) is 38.7. The Morgan fingerprint density at radius 2 is 0.725 bits per heavy atom. The van der Waals surface area contributed by atoms with E-state index < -0.39 is 5.41 Å². The highest BCUT2D eigenvalue weighted by atomic mass is 32.1. The molecule has 0 amide bonds. The van der Waals surface area contributed by atoms with Gasteiger partial charge in [0.1, 0.15) is 0 Å². The Hall–Kier alpha value is -8.56. The summed E-state index contributed by atoms with van der Waals surface area (Å²) in [6.07, 6.45) is 0. The summed E-state index contributed by atoms with van der Waals surface area (Å²) in [5.74, 6) is 0. The molecule has 1 aliphatic carbocycles. The van der Waals surface area contributed by atoms with E-state index in [1.165, 1.54) is 92.5 Å². The number of fused-ring (bicyclic) bond motifs is 6. The quantitative estimate of drug-likeness (QED) is 0.140. The van der Waals surface area contributed by atoms with Crippen LogP contribution in [0.3, 0.4) is 0 Å². The van der Waals surface area contributed by atoms with Gasteiger partial charge in [-0.25, -0.2) is 0 Å². The third kappa shape index (κ3) is 6.52. The van der Waals surface area contributed by atoms with Gasteiger partial charge in [0.2, 0.25) is 0 Å². The SMILES string of the molecule is c1ccc(-c2ccccc2-c2c(-c3ccccc3)cccc2N(c2ccccc2-c2cccc3c2sc2ccccc23)c2cccc3c2-c2ccccc2C3(c2ccccc2)c2ccccc2)cc1. The summed E-state index contributed by atoms with van der Waals surface area (Å²) in [6, 6.07) is 101. The third-order valence-corrected chi connectivity index (χ3v) is 15.4. The van der Waals surface area contributed by atoms with Gasteiger partial charge in [0.25, 0.3) is 0 Å². The van der Waals surface area contributed by atoms with Crippen molar-refractivity contribution in [3.05, 3.63) is 295 Å². The van der Waals surface area contributed by atoms with Crippen LogP contribution in [0.25, 0.3) is 75.8 Å². The Bertz CT molecular complexity index is 3800. The van der Waals surface area contributed by atoms with Gasteiger partial charge < -0.3 is 4.90 Å². The fraction of sp³-hybridized carbons (Fsp3) is 0.0149. The van der Waals surface area contributed by atoms with Crippen LogP contribution in [0.2, 0.25) is 0 Å². The normalized spacial score (nSPS) is 12.5. The van der Waals surface area contributed by atoms with Gasteiger partial charge in [-0.15, -0.1) is 11.3 Å². The lowest BCUT2D eigenvalue weighted by Crippen LogP contribution is -2.28. The van der Waals surface area contributed by atoms with Crippen LogP contribution in [0.4, 0.5) is 17.1 Å². The molecule has 0 aliphatic heterocycles. The lowest BCUT2D eigenvalue weighted by Gasteiger charge is -2.35. The maximum atomic E-state index is 2.60. The van der Waals surface area contributed by atoms with Gasteiger partial charge in [-0.1, -0.05) is 249 Å². The summed E-state index contributed by atoms with van der Waals surface area (Å²) in [4.78, 5) is 2.60. The van der Waals surface area contributed by atoms with E-state index in [0.717, 1.165) is 22.6 Å². The van der Waals surface area contributed by atoms with Gasteiger partial charge in [0.15, 0.2) is 0 Å². The lowest BCUT2D eigenvalue weighted by atomic mass is 9.68. The van der Waals surface area contributed by atoms with Gasteiger partial charge in [-0.3, -0.25) is 0 Å². The van der Waals surface area contributed by atoms with Crippen molar-refractivity contribution in [1.82, 2.24) is 0 Å². The Morgan fingerprint density at radius 1 is 0.275 bits per heavy atom. The second kappa shape index (κ2) is 16.9. The van der Waals surface area contributed by atoms with Crippen molar-refractivity contribution >= 4 is 48.6 Å². The second-order valence-corrected chi connectivity index (χ2v) is 18.9. The molecule has 0 N–H and O–H groups in total. The second-order valence-electron chi connectivity index (χ2n) is 17.8. The molecule has 13 rings (SSSR count). The Morgan fingerprint density at radius 3 is 1.43 bits per heavy atom. The van der Waals surface area contributed by atoms with Gasteiger partial charge in [-0.05, 0) is 79.9 Å². The van der Waals surface area contributed by atoms with E-state index in [9.17, 15) is 0 Å². The maximum Gasteiger partial charge on any atom is 0.0714 e. The molecule has 12 aromatic rings. The lowest BCUT2D eigenvalue weighted by molar-refractivity contribution is 0.768. The zero-order valence-electron chi connectivity index (χ0n) is 37.8. The number of hydrogen-bond acceptors (Lipinski definition) is 2. The molecule has 11 aromatic carbocycles. The van der Waals surface area contributed by atoms with Crippen molar-refractivity contribution in [2.75, 3.05) is 4.90 Å². The largest absolute Gasteiger partial charge is 0.309 e. The van der Waals surface area contributed by atoms with Crippen molar-refractivity contribution in [3.63, 3.8) is 0 Å². The van der Waals surface area contributed by atoms with E-state index in [1.54, 1.807) is 0 Å². The van der Waals surface area contributed by atoms with Crippen LogP contribution in [-0.4, -0.2) is 0 Å². The van der Waals surface area contributed by atoms with Crippen LogP contribution in [0.1, 0.15) is 22.3 Å². The molecule has 69 heavy (non-hydrogen) atoms. The first-order chi connectivity index (χ1) is 34.3. The maximum absolute atomic E-state index is 2.60. The fourth-order valence-corrected chi connectivity index (χ4v) is 12.6. The molecule has 0 saturated carbocycles. The smallest absolute Gasteiger partial charge is 0.0714 e. The van der Waals surface area contributed by atoms with Crippen LogP contribution in [0.5, 0.6) is 0 Å². The van der Waals surface area contributed by atoms with Crippen LogP contribution in [0, 0.1) is 0 Å². The average molecular weight is 896 g/mol. The van der Waals surface area contributed by atoms with E-state index in [0.29, 0.717) is 0 Å². The van der Waals surface area contributed by atoms with E-state index in [2.05, 4.69) is 278 Å². The highest BCUT2D eigenvalue weighted by Crippen LogP contribution is 2.61. The van der Waals surface area contributed by atoms with E-state index >= 15 is 0 Å². The number of anilines is 3. The molecular formula is C67H45NS. The minimum atomic E-state index is -0.576. The molecule has 0 atom stereocenters. The number of thiophene rings is 1. The molecule has 1 nitrogen and oxygen atoms in total. The molecule has 0 bridgehead atoms. The van der Waals surface area contributed by atoms with Gasteiger partial charge in [0, 0.05) is 42.4 Å². The van der Waals surface area contributed by atoms with Crippen molar-refractivity contribution in [2.24, 2.45) is 0 Å². The molecule has 0 fully saturated rings. The molecule has 324 valence electrons. The Balaban J connectivity index is 1.18. The molecule has 1 aromatic heterocycles. The highest BCUT2D eigenvalue weighted by Gasteiger charge is 2.47. The van der Waals surface area contributed by atoms with Crippen molar-refractivity contribution < 1.29 is 0 Å². The number of rotatable bonds is 9. The summed E-state index contributed by atoms with van der Waals surface area (Å²) >= 11 is 1.88. The summed E-state index contributed by atoms with van der Waals surface area (Å²) < 4.78 is 2.58. The summed E-state index contributed by atoms with van der Waals surface area (Å²) in [5.41, 5.74) is 19.6. The van der Waals surface area contributed by atoms with Gasteiger partial charge in [-0.2, -0.15) is 0 Å². The minimum absolute atomic E-state index is 0.576. The first-order valence-electron chi connectivity index (χ1n) is 23.8. The topological polar surface area (TPSA) is 3.24 Å². The Labute approximate surface area is 407 Å². The molecule has 0 saturated heterocycles. The summed E-state index contributed by atoms with van der Waals surface area (Å²) in [7, 11) is 0. The summed E-state index contributed by atoms with van der Waals surface area (Å²) in [5, 5.41) is 2.57. The average Bonchev–Trinajstić information content (AvgIpc) is 3.97. The predicted molar refractivity (Wildman–Crippen MR) is 293 cm³/mol. The van der Waals surface area contributed by atoms with Gasteiger partial charge >= 0.3 is 0 Å². The van der Waals surface area contributed by atoms with Crippen molar-refractivity contribution in [3.8, 4) is 55.6 Å². The summed E-state index contributed by atoms with van der Waals surface area (Å²) in [6.45, 7) is 0. The molecule has 0 spiro atoms. The zero-order chi connectivity index (χ0) is 45.7. The molecular weight excluding hydrogens is 851 g/mol.